The van der Waals surface area contributed by atoms with Crippen molar-refractivity contribution < 1.29 is 39.8 Å². The molecule has 0 aromatic carbocycles. The van der Waals surface area contributed by atoms with Crippen LogP contribution in [0.5, 0.6) is 0 Å². The first-order chi connectivity index (χ1) is 31.8. The second-order valence-corrected chi connectivity index (χ2v) is 17.9. The molecule has 374 valence electrons. The van der Waals surface area contributed by atoms with Gasteiger partial charge in [0.15, 0.2) is 6.29 Å². The van der Waals surface area contributed by atoms with E-state index in [0.29, 0.717) is 6.42 Å². The molecule has 1 amide bonds. The molecule has 0 aromatic rings. The van der Waals surface area contributed by atoms with Gasteiger partial charge in [-0.15, -0.1) is 0 Å². The number of hydrogen-bond donors (Lipinski definition) is 6. The molecule has 0 spiro atoms. The fourth-order valence-electron chi connectivity index (χ4n) is 7.81. The topological polar surface area (TPSA) is 149 Å². The van der Waals surface area contributed by atoms with Gasteiger partial charge in [0.05, 0.1) is 25.4 Å². The average molecular weight is 912 g/mol. The molecule has 0 bridgehead atoms. The van der Waals surface area contributed by atoms with Crippen LogP contribution in [0.15, 0.2) is 85.1 Å². The lowest BCUT2D eigenvalue weighted by atomic mass is 9.99. The molecule has 65 heavy (non-hydrogen) atoms. The predicted octanol–water partition coefficient (Wildman–Crippen LogP) is 12.3. The van der Waals surface area contributed by atoms with E-state index >= 15 is 0 Å². The maximum atomic E-state index is 13.0. The molecule has 1 rings (SSSR count). The molecule has 7 atom stereocenters. The van der Waals surface area contributed by atoms with E-state index in [9.17, 15) is 30.3 Å². The number of carbonyl (C=O) groups excluding carboxylic acids is 1. The lowest BCUT2D eigenvalue weighted by molar-refractivity contribution is -0.302. The van der Waals surface area contributed by atoms with Gasteiger partial charge < -0.3 is 40.3 Å². The Morgan fingerprint density at radius 2 is 0.954 bits per heavy atom. The molecule has 0 aliphatic carbocycles. The average Bonchev–Trinajstić information content (AvgIpc) is 3.31. The van der Waals surface area contributed by atoms with E-state index in [2.05, 4.69) is 92.1 Å². The molecule has 0 radical (unpaired) electrons. The van der Waals surface area contributed by atoms with Gasteiger partial charge >= 0.3 is 0 Å². The summed E-state index contributed by atoms with van der Waals surface area (Å²) in [6.07, 6.45) is 56.6. The molecule has 7 unspecified atom stereocenters. The van der Waals surface area contributed by atoms with E-state index in [-0.39, 0.29) is 12.5 Å². The van der Waals surface area contributed by atoms with Gasteiger partial charge in [0.2, 0.25) is 5.91 Å². The number of aliphatic hydroxyl groups is 5. The van der Waals surface area contributed by atoms with Crippen LogP contribution in [0, 0.1) is 0 Å². The monoisotopic (exact) mass is 912 g/mol. The highest BCUT2D eigenvalue weighted by Crippen LogP contribution is 2.23. The van der Waals surface area contributed by atoms with Gasteiger partial charge in [-0.25, -0.2) is 0 Å². The summed E-state index contributed by atoms with van der Waals surface area (Å²) in [6, 6.07) is -0.806. The number of hydrogen-bond acceptors (Lipinski definition) is 8. The van der Waals surface area contributed by atoms with Crippen molar-refractivity contribution >= 4 is 5.91 Å². The third-order valence-corrected chi connectivity index (χ3v) is 12.0. The first kappa shape index (κ1) is 60.4. The Labute approximate surface area is 397 Å². The Bertz CT molecular complexity index is 1290. The van der Waals surface area contributed by atoms with Crippen molar-refractivity contribution in [2.45, 2.75) is 249 Å². The van der Waals surface area contributed by atoms with Crippen molar-refractivity contribution in [3.05, 3.63) is 85.1 Å². The third-order valence-electron chi connectivity index (χ3n) is 12.0. The predicted molar refractivity (Wildman–Crippen MR) is 271 cm³/mol. The Morgan fingerprint density at radius 1 is 0.538 bits per heavy atom. The van der Waals surface area contributed by atoms with Gasteiger partial charge in [-0.1, -0.05) is 214 Å². The highest BCUT2D eigenvalue weighted by atomic mass is 16.7. The Hall–Kier alpha value is -2.63. The maximum absolute atomic E-state index is 13.0. The summed E-state index contributed by atoms with van der Waals surface area (Å²) in [7, 11) is 0. The highest BCUT2D eigenvalue weighted by Gasteiger charge is 2.44. The summed E-state index contributed by atoms with van der Waals surface area (Å²) in [6.45, 7) is 3.62. The first-order valence-electron chi connectivity index (χ1n) is 26.3. The van der Waals surface area contributed by atoms with Crippen LogP contribution in [-0.4, -0.2) is 87.5 Å². The van der Waals surface area contributed by atoms with Crippen LogP contribution in [0.3, 0.4) is 0 Å². The van der Waals surface area contributed by atoms with Crippen LogP contribution >= 0.6 is 0 Å². The second kappa shape index (κ2) is 45.2. The van der Waals surface area contributed by atoms with Crippen molar-refractivity contribution in [2.24, 2.45) is 0 Å². The van der Waals surface area contributed by atoms with E-state index in [0.717, 1.165) is 77.0 Å². The Balaban J connectivity index is 2.12. The quantitative estimate of drug-likeness (QED) is 0.0262. The SMILES string of the molecule is CC/C=C\C/C=C\C/C=C\C/C=C\C/C=C\C/C=C\CCCCCCCCCCCCCCCCC(=O)NC(COC1OC(CO)C(O)C(O)C1O)C(O)/C=C/CCCCCCCCC. The normalized spacial score (nSPS) is 20.6. The van der Waals surface area contributed by atoms with Gasteiger partial charge in [0.25, 0.3) is 0 Å². The van der Waals surface area contributed by atoms with Crippen molar-refractivity contribution in [1.82, 2.24) is 5.32 Å². The van der Waals surface area contributed by atoms with Gasteiger partial charge in [-0.2, -0.15) is 0 Å². The van der Waals surface area contributed by atoms with Crippen molar-refractivity contribution in [3.63, 3.8) is 0 Å². The van der Waals surface area contributed by atoms with E-state index in [1.807, 2.05) is 6.08 Å². The molecule has 9 heteroatoms. The van der Waals surface area contributed by atoms with E-state index < -0.39 is 49.5 Å². The number of ether oxygens (including phenoxy) is 2. The lowest BCUT2D eigenvalue weighted by Crippen LogP contribution is -2.60. The molecule has 9 nitrogen and oxygen atoms in total. The summed E-state index contributed by atoms with van der Waals surface area (Å²) in [4.78, 5) is 13.0. The fraction of sp³-hybridized carbons (Fsp3) is 0.732. The molecule has 1 heterocycles. The van der Waals surface area contributed by atoms with Crippen LogP contribution in [0.1, 0.15) is 206 Å². The zero-order valence-electron chi connectivity index (χ0n) is 41.2. The van der Waals surface area contributed by atoms with Crippen molar-refractivity contribution in [2.75, 3.05) is 13.2 Å². The Morgan fingerprint density at radius 3 is 1.42 bits per heavy atom. The molecule has 1 fully saturated rings. The number of rotatable bonds is 43. The summed E-state index contributed by atoms with van der Waals surface area (Å²) in [5.74, 6) is -0.184. The zero-order chi connectivity index (χ0) is 47.3. The van der Waals surface area contributed by atoms with Crippen LogP contribution in [-0.2, 0) is 14.3 Å². The second-order valence-electron chi connectivity index (χ2n) is 17.9. The number of nitrogens with one attached hydrogen (secondary N) is 1. The van der Waals surface area contributed by atoms with Crippen molar-refractivity contribution in [3.8, 4) is 0 Å². The van der Waals surface area contributed by atoms with E-state index in [1.165, 1.54) is 109 Å². The molecule has 6 N–H and O–H groups in total. The van der Waals surface area contributed by atoms with Gasteiger partial charge in [-0.05, 0) is 70.6 Å². The molecule has 0 saturated carbocycles. The summed E-state index contributed by atoms with van der Waals surface area (Å²) >= 11 is 0. The number of allylic oxidation sites excluding steroid dienone is 13. The summed E-state index contributed by atoms with van der Waals surface area (Å²) in [5, 5.41) is 54.1. The molecule has 1 saturated heterocycles. The minimum Gasteiger partial charge on any atom is -0.394 e. The number of aliphatic hydroxyl groups excluding tert-OH is 5. The van der Waals surface area contributed by atoms with Crippen LogP contribution in [0.4, 0.5) is 0 Å². The van der Waals surface area contributed by atoms with Crippen LogP contribution < -0.4 is 5.32 Å². The van der Waals surface area contributed by atoms with E-state index in [4.69, 9.17) is 9.47 Å². The maximum Gasteiger partial charge on any atom is 0.220 e. The van der Waals surface area contributed by atoms with Crippen molar-refractivity contribution in [1.29, 1.82) is 0 Å². The van der Waals surface area contributed by atoms with Gasteiger partial charge in [-0.3, -0.25) is 4.79 Å². The van der Waals surface area contributed by atoms with E-state index in [1.54, 1.807) is 6.08 Å². The fourth-order valence-corrected chi connectivity index (χ4v) is 7.81. The smallest absolute Gasteiger partial charge is 0.220 e. The number of amides is 1. The minimum absolute atomic E-state index is 0.184. The molecular weight excluding hydrogens is 815 g/mol. The largest absolute Gasteiger partial charge is 0.394 e. The lowest BCUT2D eigenvalue weighted by Gasteiger charge is -2.40. The summed E-state index contributed by atoms with van der Waals surface area (Å²) < 4.78 is 11.2. The highest BCUT2D eigenvalue weighted by molar-refractivity contribution is 5.76. The number of carbonyl (C=O) groups is 1. The Kier molecular flexibility index (Phi) is 42.0. The van der Waals surface area contributed by atoms with Gasteiger partial charge in [0, 0.05) is 6.42 Å². The van der Waals surface area contributed by atoms with Gasteiger partial charge in [0.1, 0.15) is 24.4 Å². The van der Waals surface area contributed by atoms with Crippen LogP contribution in [0.25, 0.3) is 0 Å². The molecule has 1 aliphatic heterocycles. The standard InChI is InChI=1S/C56H97NO8/c1-3-5-7-9-11-13-14-15-16-17-18-19-20-21-22-23-24-25-26-27-28-29-30-31-32-33-34-35-36-38-40-42-44-46-52(60)57-49(50(59)45-43-41-39-37-12-10-8-6-4-2)48-64-56-55(63)54(62)53(61)51(47-58)65-56/h5,7,11,13,15-16,18-19,21-22,24-25,43,45,49-51,53-56,58-59,61-63H,3-4,6,8-10,12,14,17,20,23,26-42,44,46-48H2,1-2H3,(H,57,60)/b7-5-,13-11-,16-15-,19-18-,22-21-,25-24-,45-43+. The number of unbranched alkanes of at least 4 members (excludes halogenated alkanes) is 21. The zero-order valence-corrected chi connectivity index (χ0v) is 41.2. The molecular formula is C56H97NO8. The summed E-state index contributed by atoms with van der Waals surface area (Å²) in [5.41, 5.74) is 0. The van der Waals surface area contributed by atoms with Crippen LogP contribution in [0.2, 0.25) is 0 Å². The first-order valence-corrected chi connectivity index (χ1v) is 26.3. The molecule has 1 aliphatic rings. The third kappa shape index (κ3) is 35.2. The molecule has 0 aromatic heterocycles. The minimum atomic E-state index is -1.57.